The number of carbonyl (C=O) groups is 4. The summed E-state index contributed by atoms with van der Waals surface area (Å²) in [6, 6.07) is 0. The van der Waals surface area contributed by atoms with E-state index in [0.717, 1.165) is 25.7 Å². The molecule has 1 N–H and O–H groups in total. The van der Waals surface area contributed by atoms with E-state index in [1.807, 2.05) is 0 Å². The summed E-state index contributed by atoms with van der Waals surface area (Å²) >= 11 is 0. The number of esters is 1. The van der Waals surface area contributed by atoms with E-state index in [-0.39, 0.29) is 17.3 Å². The van der Waals surface area contributed by atoms with Gasteiger partial charge in [0.2, 0.25) is 0 Å². The van der Waals surface area contributed by atoms with Gasteiger partial charge in [0.25, 0.3) is 0 Å². The lowest BCUT2D eigenvalue weighted by Gasteiger charge is -2.64. The van der Waals surface area contributed by atoms with E-state index in [1.165, 1.54) is 14.0 Å². The fourth-order valence-electron chi connectivity index (χ4n) is 6.71. The highest BCUT2D eigenvalue weighted by atomic mass is 16.5. The average Bonchev–Trinajstić information content (AvgIpc) is 2.93. The molecule has 0 bridgehead atoms. The Morgan fingerprint density at radius 1 is 1.33 bits per heavy atom. The second-order valence-corrected chi connectivity index (χ2v) is 9.17. The Hall–Kier alpha value is -2.28. The third-order valence-corrected chi connectivity index (χ3v) is 7.70. The lowest BCUT2D eigenvalue weighted by molar-refractivity contribution is -0.214. The zero-order valence-electron chi connectivity index (χ0n) is 17.8. The lowest BCUT2D eigenvalue weighted by atomic mass is 9.41. The standard InChI is InChI=1S/C23H28O7/c1-5-6-7-8-12-16-17(25)15(21(27)29-4)18-22(3,28)19(26)13(10-24)14-9-11(2)30-20(12)23(14,16)18/h9-10,12,15-16,18,20,28H,5-8H2,1-4H3. The van der Waals surface area contributed by atoms with Gasteiger partial charge in [-0.25, -0.2) is 0 Å². The van der Waals surface area contributed by atoms with Gasteiger partial charge in [-0.3, -0.25) is 19.2 Å². The molecule has 7 atom stereocenters. The van der Waals surface area contributed by atoms with E-state index in [4.69, 9.17) is 9.47 Å². The summed E-state index contributed by atoms with van der Waals surface area (Å²) in [7, 11) is 1.19. The number of carbonyl (C=O) groups excluding carboxylic acids is 4. The van der Waals surface area contributed by atoms with Crippen molar-refractivity contribution in [2.75, 3.05) is 7.11 Å². The Morgan fingerprint density at radius 2 is 2.03 bits per heavy atom. The van der Waals surface area contributed by atoms with Crippen molar-refractivity contribution < 1.29 is 33.8 Å². The van der Waals surface area contributed by atoms with Crippen molar-refractivity contribution in [3.63, 3.8) is 0 Å². The smallest absolute Gasteiger partial charge is 0.316 e. The molecule has 1 heterocycles. The predicted molar refractivity (Wildman–Crippen MR) is 105 cm³/mol. The van der Waals surface area contributed by atoms with Crippen LogP contribution in [0.5, 0.6) is 0 Å². The molecule has 0 radical (unpaired) electrons. The number of allylic oxidation sites excluding steroid dienone is 2. The molecule has 162 valence electrons. The zero-order valence-corrected chi connectivity index (χ0v) is 17.8. The SMILES string of the molecule is CCCCCC1C2OC(C)=CC3=C(C=O)C(=O)C(C)(O)C4C(C(=O)OC)C(=O)C1C324. The molecule has 4 rings (SSSR count). The summed E-state index contributed by atoms with van der Waals surface area (Å²) in [4.78, 5) is 51.3. The number of ether oxygens (including phenoxy) is 2. The minimum absolute atomic E-state index is 0.126. The highest BCUT2D eigenvalue weighted by Crippen LogP contribution is 2.74. The molecule has 0 aromatic heterocycles. The molecule has 3 aliphatic carbocycles. The van der Waals surface area contributed by atoms with Gasteiger partial charge in [-0.2, -0.15) is 0 Å². The van der Waals surface area contributed by atoms with Gasteiger partial charge in [0.05, 0.1) is 23.9 Å². The third kappa shape index (κ3) is 2.30. The summed E-state index contributed by atoms with van der Waals surface area (Å²) in [5.41, 5.74) is -2.82. The van der Waals surface area contributed by atoms with Crippen molar-refractivity contribution in [2.45, 2.75) is 58.2 Å². The maximum absolute atomic E-state index is 13.6. The summed E-state index contributed by atoms with van der Waals surface area (Å²) in [5, 5.41) is 11.3. The predicted octanol–water partition coefficient (Wildman–Crippen LogP) is 1.92. The first-order valence-electron chi connectivity index (χ1n) is 10.6. The highest BCUT2D eigenvalue weighted by molar-refractivity contribution is 6.20. The van der Waals surface area contributed by atoms with Crippen LogP contribution in [0, 0.1) is 29.1 Å². The Labute approximate surface area is 175 Å². The highest BCUT2D eigenvalue weighted by Gasteiger charge is 2.83. The van der Waals surface area contributed by atoms with Crippen LogP contribution in [0.25, 0.3) is 0 Å². The van der Waals surface area contributed by atoms with E-state index >= 15 is 0 Å². The van der Waals surface area contributed by atoms with Gasteiger partial charge >= 0.3 is 5.97 Å². The molecule has 7 nitrogen and oxygen atoms in total. The fourth-order valence-corrected chi connectivity index (χ4v) is 6.71. The van der Waals surface area contributed by atoms with Gasteiger partial charge in [-0.05, 0) is 31.9 Å². The Balaban J connectivity index is 1.96. The summed E-state index contributed by atoms with van der Waals surface area (Å²) in [5.74, 6) is -4.31. The van der Waals surface area contributed by atoms with Gasteiger partial charge in [-0.1, -0.05) is 26.2 Å². The number of hydrogen-bond donors (Lipinski definition) is 1. The van der Waals surface area contributed by atoms with Crippen LogP contribution in [0.15, 0.2) is 23.0 Å². The monoisotopic (exact) mass is 416 g/mol. The molecule has 1 spiro atoms. The number of hydrogen-bond acceptors (Lipinski definition) is 7. The van der Waals surface area contributed by atoms with E-state index in [0.29, 0.717) is 17.6 Å². The van der Waals surface area contributed by atoms with Crippen LogP contribution in [-0.4, -0.2) is 47.7 Å². The maximum atomic E-state index is 13.6. The Kier molecular flexibility index (Phi) is 4.80. The molecule has 7 heteroatoms. The summed E-state index contributed by atoms with van der Waals surface area (Å²) in [6.45, 7) is 5.14. The van der Waals surface area contributed by atoms with Crippen LogP contribution in [0.1, 0.15) is 46.5 Å². The van der Waals surface area contributed by atoms with E-state index in [9.17, 15) is 24.3 Å². The van der Waals surface area contributed by atoms with Crippen LogP contribution in [0.3, 0.4) is 0 Å². The van der Waals surface area contributed by atoms with E-state index in [1.54, 1.807) is 13.0 Å². The van der Waals surface area contributed by atoms with Crippen molar-refractivity contribution in [3.05, 3.63) is 23.0 Å². The van der Waals surface area contributed by atoms with Crippen molar-refractivity contribution in [3.8, 4) is 0 Å². The number of aldehydes is 1. The normalized spacial score (nSPS) is 41.4. The van der Waals surface area contributed by atoms with Gasteiger partial charge in [0.15, 0.2) is 17.9 Å². The zero-order chi connectivity index (χ0) is 22.0. The Bertz CT molecular complexity index is 895. The number of ketones is 2. The fraction of sp³-hybridized carbons (Fsp3) is 0.652. The first kappa shape index (κ1) is 21.0. The molecule has 1 aliphatic heterocycles. The van der Waals surface area contributed by atoms with Crippen molar-refractivity contribution in [1.82, 2.24) is 0 Å². The van der Waals surface area contributed by atoms with Crippen molar-refractivity contribution >= 4 is 23.8 Å². The molecule has 30 heavy (non-hydrogen) atoms. The van der Waals surface area contributed by atoms with Gasteiger partial charge in [-0.15, -0.1) is 0 Å². The van der Waals surface area contributed by atoms with E-state index < -0.39 is 46.6 Å². The van der Waals surface area contributed by atoms with Crippen LogP contribution in [0.2, 0.25) is 0 Å². The molecular weight excluding hydrogens is 388 g/mol. The summed E-state index contributed by atoms with van der Waals surface area (Å²) < 4.78 is 11.1. The summed E-state index contributed by atoms with van der Waals surface area (Å²) in [6.07, 6.45) is 5.30. The largest absolute Gasteiger partial charge is 0.494 e. The van der Waals surface area contributed by atoms with Crippen LogP contribution < -0.4 is 0 Å². The van der Waals surface area contributed by atoms with Crippen LogP contribution in [-0.2, 0) is 28.7 Å². The average molecular weight is 416 g/mol. The van der Waals surface area contributed by atoms with Gasteiger partial charge in [0.1, 0.15) is 17.6 Å². The first-order chi connectivity index (χ1) is 14.2. The Morgan fingerprint density at radius 3 is 2.63 bits per heavy atom. The lowest BCUT2D eigenvalue weighted by Crippen LogP contribution is -2.71. The number of aliphatic hydroxyl groups is 1. The quantitative estimate of drug-likeness (QED) is 0.232. The number of rotatable bonds is 6. The van der Waals surface area contributed by atoms with Gasteiger partial charge < -0.3 is 14.6 Å². The molecule has 0 aromatic rings. The maximum Gasteiger partial charge on any atom is 0.316 e. The second kappa shape index (κ2) is 6.87. The number of methoxy groups -OCH3 is 1. The molecule has 0 amide bonds. The van der Waals surface area contributed by atoms with Crippen molar-refractivity contribution in [1.29, 1.82) is 0 Å². The second-order valence-electron chi connectivity index (χ2n) is 9.17. The topological polar surface area (TPSA) is 107 Å². The van der Waals surface area contributed by atoms with Crippen LogP contribution in [0.4, 0.5) is 0 Å². The van der Waals surface area contributed by atoms with Crippen molar-refractivity contribution in [2.24, 2.45) is 29.1 Å². The number of unbranched alkanes of at least 4 members (excludes halogenated alkanes) is 2. The molecular formula is C23H28O7. The van der Waals surface area contributed by atoms with Gasteiger partial charge in [0, 0.05) is 17.8 Å². The molecule has 0 saturated heterocycles. The first-order valence-corrected chi connectivity index (χ1v) is 10.6. The third-order valence-electron chi connectivity index (χ3n) is 7.70. The molecule has 2 saturated carbocycles. The van der Waals surface area contributed by atoms with E-state index in [2.05, 4.69) is 6.92 Å². The molecule has 7 unspecified atom stereocenters. The number of Topliss-reactive ketones (excluding diaryl/α,β-unsaturated/α-hetero) is 2. The molecule has 4 aliphatic rings. The van der Waals surface area contributed by atoms with Crippen LogP contribution >= 0.6 is 0 Å². The molecule has 0 aromatic carbocycles. The minimum Gasteiger partial charge on any atom is -0.494 e. The molecule has 2 fully saturated rings. The minimum atomic E-state index is -2.06.